The van der Waals surface area contributed by atoms with E-state index in [9.17, 15) is 4.79 Å². The first-order valence-corrected chi connectivity index (χ1v) is 8.63. The lowest BCUT2D eigenvalue weighted by Gasteiger charge is -2.29. The fourth-order valence-corrected chi connectivity index (χ4v) is 3.19. The van der Waals surface area contributed by atoms with Crippen LogP contribution in [0.15, 0.2) is 15.5 Å². The molecule has 1 saturated heterocycles. The van der Waals surface area contributed by atoms with Crippen molar-refractivity contribution in [3.8, 4) is 0 Å². The molecule has 5 nitrogen and oxygen atoms in total. The molecule has 1 aliphatic rings. The summed E-state index contributed by atoms with van der Waals surface area (Å²) in [4.78, 5) is 14.5. The van der Waals surface area contributed by atoms with Gasteiger partial charge in [0.25, 0.3) is 5.56 Å². The Bertz CT molecular complexity index is 511. The van der Waals surface area contributed by atoms with Gasteiger partial charge in [-0.1, -0.05) is 13.3 Å². The summed E-state index contributed by atoms with van der Waals surface area (Å²) in [7, 11) is 0. The number of piperidine rings is 1. The van der Waals surface area contributed by atoms with Crippen molar-refractivity contribution < 1.29 is 0 Å². The molecule has 0 saturated carbocycles. The smallest absolute Gasteiger partial charge is 0.283 e. The number of halogens is 1. The lowest BCUT2D eigenvalue weighted by molar-refractivity contribution is 0.204. The average molecular weight is 357 g/mol. The highest BCUT2D eigenvalue weighted by molar-refractivity contribution is 9.10. The lowest BCUT2D eigenvalue weighted by atomic mass is 10.1. The third-order valence-corrected chi connectivity index (χ3v) is 4.71. The molecule has 118 valence electrons. The van der Waals surface area contributed by atoms with Gasteiger partial charge >= 0.3 is 0 Å². The third-order valence-electron chi connectivity index (χ3n) is 3.94. The highest BCUT2D eigenvalue weighted by atomic mass is 79.9. The molecule has 1 N–H and O–H groups in total. The van der Waals surface area contributed by atoms with Gasteiger partial charge in [-0.15, -0.1) is 0 Å². The number of anilines is 1. The quantitative estimate of drug-likeness (QED) is 0.850. The maximum Gasteiger partial charge on any atom is 0.283 e. The van der Waals surface area contributed by atoms with Gasteiger partial charge in [0.2, 0.25) is 0 Å². The van der Waals surface area contributed by atoms with E-state index in [1.165, 1.54) is 37.0 Å². The molecular formula is C15H25BrN4O. The highest BCUT2D eigenvalue weighted by Crippen LogP contribution is 2.17. The van der Waals surface area contributed by atoms with E-state index in [2.05, 4.69) is 38.2 Å². The molecule has 2 rings (SSSR count). The molecule has 1 aromatic rings. The van der Waals surface area contributed by atoms with Gasteiger partial charge in [0, 0.05) is 19.6 Å². The first-order chi connectivity index (χ1) is 10.1. The van der Waals surface area contributed by atoms with E-state index in [1.54, 1.807) is 6.20 Å². The summed E-state index contributed by atoms with van der Waals surface area (Å²) in [5.74, 6) is 0.545. The van der Waals surface area contributed by atoms with Crippen molar-refractivity contribution in [2.45, 2.75) is 39.7 Å². The predicted molar refractivity (Wildman–Crippen MR) is 89.8 cm³/mol. The molecule has 6 heteroatoms. The minimum Gasteiger partial charge on any atom is -0.382 e. The molecule has 0 bridgehead atoms. The van der Waals surface area contributed by atoms with Gasteiger partial charge in [-0.2, -0.15) is 5.10 Å². The summed E-state index contributed by atoms with van der Waals surface area (Å²) < 4.78 is 2.02. The van der Waals surface area contributed by atoms with E-state index < -0.39 is 0 Å². The summed E-state index contributed by atoms with van der Waals surface area (Å²) in [6.07, 6.45) is 5.74. The standard InChI is InChI=1S/C15H25BrN4O/c1-3-20-15(21)14(16)13(10-18-20)17-9-12(2)11-19-7-5-4-6-8-19/h10,12,17H,3-9,11H2,1-2H3. The second-order valence-electron chi connectivity index (χ2n) is 5.84. The molecular weight excluding hydrogens is 332 g/mol. The molecule has 0 amide bonds. The van der Waals surface area contributed by atoms with Crippen molar-refractivity contribution in [1.29, 1.82) is 0 Å². The van der Waals surface area contributed by atoms with Crippen LogP contribution in [-0.2, 0) is 6.54 Å². The van der Waals surface area contributed by atoms with Crippen LogP contribution >= 0.6 is 15.9 Å². The number of aryl methyl sites for hydroxylation is 1. The van der Waals surface area contributed by atoms with Crippen LogP contribution in [0, 0.1) is 5.92 Å². The normalized spacial score (nSPS) is 17.7. The number of nitrogens with one attached hydrogen (secondary N) is 1. The van der Waals surface area contributed by atoms with Crippen LogP contribution in [0.3, 0.4) is 0 Å². The second kappa shape index (κ2) is 7.94. The summed E-state index contributed by atoms with van der Waals surface area (Å²) in [5.41, 5.74) is 0.710. The molecule has 21 heavy (non-hydrogen) atoms. The van der Waals surface area contributed by atoms with Crippen LogP contribution in [0.1, 0.15) is 33.1 Å². The number of aromatic nitrogens is 2. The Hall–Kier alpha value is -0.880. The van der Waals surface area contributed by atoms with Gasteiger partial charge < -0.3 is 10.2 Å². The molecule has 0 spiro atoms. The second-order valence-corrected chi connectivity index (χ2v) is 6.63. The van der Waals surface area contributed by atoms with Crippen molar-refractivity contribution in [3.63, 3.8) is 0 Å². The van der Waals surface area contributed by atoms with Crippen LogP contribution < -0.4 is 10.9 Å². The molecule has 2 heterocycles. The highest BCUT2D eigenvalue weighted by Gasteiger charge is 2.14. The van der Waals surface area contributed by atoms with E-state index in [0.717, 1.165) is 18.8 Å². The topological polar surface area (TPSA) is 50.2 Å². The lowest BCUT2D eigenvalue weighted by Crippen LogP contribution is -2.35. The van der Waals surface area contributed by atoms with Gasteiger partial charge in [-0.05, 0) is 54.7 Å². The predicted octanol–water partition coefficient (Wildman–Crippen LogP) is 2.56. The van der Waals surface area contributed by atoms with Gasteiger partial charge in [-0.3, -0.25) is 4.79 Å². The van der Waals surface area contributed by atoms with Crippen LogP contribution in [0.5, 0.6) is 0 Å². The van der Waals surface area contributed by atoms with E-state index >= 15 is 0 Å². The van der Waals surface area contributed by atoms with Crippen molar-refractivity contribution in [2.24, 2.45) is 5.92 Å². The molecule has 1 unspecified atom stereocenters. The molecule has 1 aromatic heterocycles. The Morgan fingerprint density at radius 1 is 1.38 bits per heavy atom. The van der Waals surface area contributed by atoms with Gasteiger partial charge in [0.15, 0.2) is 0 Å². The fourth-order valence-electron chi connectivity index (χ4n) is 2.75. The van der Waals surface area contributed by atoms with Crippen LogP contribution in [0.2, 0.25) is 0 Å². The van der Waals surface area contributed by atoms with Crippen molar-refractivity contribution in [1.82, 2.24) is 14.7 Å². The molecule has 1 fully saturated rings. The average Bonchev–Trinajstić information content (AvgIpc) is 2.50. The Kier molecular flexibility index (Phi) is 6.23. The van der Waals surface area contributed by atoms with Crippen LogP contribution in [0.4, 0.5) is 5.69 Å². The SMILES string of the molecule is CCn1ncc(NCC(C)CN2CCCCC2)c(Br)c1=O. The minimum atomic E-state index is -0.0776. The number of nitrogens with zero attached hydrogens (tertiary/aromatic N) is 3. The summed E-state index contributed by atoms with van der Waals surface area (Å²) in [5, 5.41) is 7.50. The summed E-state index contributed by atoms with van der Waals surface area (Å²) in [6.45, 7) is 9.16. The van der Waals surface area contributed by atoms with Crippen molar-refractivity contribution in [2.75, 3.05) is 31.5 Å². The number of rotatable bonds is 6. The van der Waals surface area contributed by atoms with Gasteiger partial charge in [-0.25, -0.2) is 4.68 Å². The number of hydrogen-bond acceptors (Lipinski definition) is 4. The van der Waals surface area contributed by atoms with E-state index in [-0.39, 0.29) is 5.56 Å². The van der Waals surface area contributed by atoms with Gasteiger partial charge in [0.05, 0.1) is 11.9 Å². The van der Waals surface area contributed by atoms with Crippen LogP contribution in [-0.4, -0.2) is 40.9 Å². The zero-order valence-corrected chi connectivity index (χ0v) is 14.5. The molecule has 0 aromatic carbocycles. The Morgan fingerprint density at radius 3 is 2.76 bits per heavy atom. The third kappa shape index (κ3) is 4.54. The molecule has 1 atom stereocenters. The molecule has 0 aliphatic carbocycles. The Morgan fingerprint density at radius 2 is 2.10 bits per heavy atom. The maximum atomic E-state index is 12.0. The molecule has 0 radical (unpaired) electrons. The first kappa shape index (κ1) is 16.5. The largest absolute Gasteiger partial charge is 0.382 e. The monoisotopic (exact) mass is 356 g/mol. The zero-order chi connectivity index (χ0) is 15.2. The fraction of sp³-hybridized carbons (Fsp3) is 0.733. The van der Waals surface area contributed by atoms with E-state index in [4.69, 9.17) is 0 Å². The first-order valence-electron chi connectivity index (χ1n) is 7.83. The maximum absolute atomic E-state index is 12.0. The zero-order valence-electron chi connectivity index (χ0n) is 12.9. The number of likely N-dealkylation sites (tertiary alicyclic amines) is 1. The van der Waals surface area contributed by atoms with Gasteiger partial charge in [0.1, 0.15) is 4.47 Å². The Labute approximate surface area is 134 Å². The molecule has 1 aliphatic heterocycles. The van der Waals surface area contributed by atoms with Crippen molar-refractivity contribution >= 4 is 21.6 Å². The van der Waals surface area contributed by atoms with Crippen molar-refractivity contribution in [3.05, 3.63) is 21.0 Å². The van der Waals surface area contributed by atoms with E-state index in [1.807, 2.05) is 6.92 Å². The minimum absolute atomic E-state index is 0.0776. The van der Waals surface area contributed by atoms with E-state index in [0.29, 0.717) is 16.9 Å². The Balaban J connectivity index is 1.87. The summed E-state index contributed by atoms with van der Waals surface area (Å²) in [6, 6.07) is 0. The number of hydrogen-bond donors (Lipinski definition) is 1. The van der Waals surface area contributed by atoms with Crippen LogP contribution in [0.25, 0.3) is 0 Å². The summed E-state index contributed by atoms with van der Waals surface area (Å²) >= 11 is 3.37.